The third-order valence-electron chi connectivity index (χ3n) is 4.31. The lowest BCUT2D eigenvalue weighted by molar-refractivity contribution is 0.946. The molecule has 0 fully saturated rings. The van der Waals surface area contributed by atoms with Crippen molar-refractivity contribution in [2.75, 3.05) is 17.3 Å². The van der Waals surface area contributed by atoms with Gasteiger partial charge in [0.25, 0.3) is 0 Å². The van der Waals surface area contributed by atoms with Gasteiger partial charge in [0.15, 0.2) is 0 Å². The summed E-state index contributed by atoms with van der Waals surface area (Å²) in [5.74, 6) is 0. The highest BCUT2D eigenvalue weighted by Crippen LogP contribution is 2.42. The molecule has 1 unspecified atom stereocenters. The van der Waals surface area contributed by atoms with Crippen molar-refractivity contribution in [3.8, 4) is 0 Å². The Morgan fingerprint density at radius 1 is 0.727 bits per heavy atom. The van der Waals surface area contributed by atoms with E-state index in [1.165, 1.54) is 22.5 Å². The van der Waals surface area contributed by atoms with Gasteiger partial charge >= 0.3 is 0 Å². The molecular formula is C20H18N2. The normalized spacial score (nSPS) is 16.2. The highest BCUT2D eigenvalue weighted by molar-refractivity contribution is 5.81. The Kier molecular flexibility index (Phi) is 3.08. The van der Waals surface area contributed by atoms with Gasteiger partial charge in [0, 0.05) is 18.3 Å². The van der Waals surface area contributed by atoms with Crippen molar-refractivity contribution in [1.82, 2.24) is 0 Å². The fourth-order valence-electron chi connectivity index (χ4n) is 3.20. The number of benzene rings is 3. The summed E-state index contributed by atoms with van der Waals surface area (Å²) in [5, 5.41) is 3.72. The lowest BCUT2D eigenvalue weighted by Gasteiger charge is -2.22. The molecule has 22 heavy (non-hydrogen) atoms. The molecule has 1 aliphatic rings. The molecule has 0 aliphatic carbocycles. The quantitative estimate of drug-likeness (QED) is 0.679. The number of fused-ring (bicyclic) bond motifs is 2. The zero-order chi connectivity index (χ0) is 14.9. The van der Waals surface area contributed by atoms with E-state index in [1.54, 1.807) is 0 Å². The first kappa shape index (κ1) is 13.0. The monoisotopic (exact) mass is 286 g/mol. The van der Waals surface area contributed by atoms with Crippen LogP contribution in [-0.2, 0) is 0 Å². The van der Waals surface area contributed by atoms with Gasteiger partial charge in [0.2, 0.25) is 0 Å². The second-order valence-corrected chi connectivity index (χ2v) is 5.62. The highest BCUT2D eigenvalue weighted by atomic mass is 15.2. The van der Waals surface area contributed by atoms with E-state index in [9.17, 15) is 0 Å². The van der Waals surface area contributed by atoms with E-state index in [4.69, 9.17) is 0 Å². The summed E-state index contributed by atoms with van der Waals surface area (Å²) >= 11 is 0. The maximum atomic E-state index is 3.72. The van der Waals surface area contributed by atoms with Crippen molar-refractivity contribution < 1.29 is 0 Å². The number of para-hydroxylation sites is 3. The summed E-state index contributed by atoms with van der Waals surface area (Å²) in [4.78, 5) is 2.26. The molecule has 0 saturated carbocycles. The maximum absolute atomic E-state index is 3.72. The van der Waals surface area contributed by atoms with Gasteiger partial charge in [-0.1, -0.05) is 60.7 Å². The average molecular weight is 286 g/mol. The molecule has 0 amide bonds. The van der Waals surface area contributed by atoms with Crippen LogP contribution in [0.25, 0.3) is 0 Å². The van der Waals surface area contributed by atoms with Crippen LogP contribution in [0, 0.1) is 0 Å². The molecule has 2 heteroatoms. The molecule has 0 spiro atoms. The van der Waals surface area contributed by atoms with Crippen molar-refractivity contribution in [1.29, 1.82) is 0 Å². The molecule has 3 aromatic rings. The van der Waals surface area contributed by atoms with Gasteiger partial charge in [0.05, 0.1) is 17.4 Å². The Labute approximate surface area is 131 Å². The van der Waals surface area contributed by atoms with Crippen molar-refractivity contribution in [2.24, 2.45) is 0 Å². The predicted molar refractivity (Wildman–Crippen MR) is 92.9 cm³/mol. The molecule has 0 aromatic heterocycles. The molecule has 2 nitrogen and oxygen atoms in total. The second-order valence-electron chi connectivity index (χ2n) is 5.62. The standard InChI is InChI=1S/C20H18N2/c1-22-18-13-7-5-11-16(18)20(15-9-3-2-4-10-15)21-17-12-6-8-14-19(17)22/h2-14,20-21H,1H3. The van der Waals surface area contributed by atoms with E-state index in [-0.39, 0.29) is 6.04 Å². The minimum Gasteiger partial charge on any atom is -0.372 e. The molecule has 1 N–H and O–H groups in total. The molecule has 0 saturated heterocycles. The van der Waals surface area contributed by atoms with Crippen LogP contribution in [-0.4, -0.2) is 7.05 Å². The van der Waals surface area contributed by atoms with E-state index in [2.05, 4.69) is 96.1 Å². The fourth-order valence-corrected chi connectivity index (χ4v) is 3.20. The first-order valence-electron chi connectivity index (χ1n) is 7.58. The Hall–Kier alpha value is -2.74. The van der Waals surface area contributed by atoms with Crippen LogP contribution in [0.3, 0.4) is 0 Å². The Morgan fingerprint density at radius 2 is 1.36 bits per heavy atom. The number of nitrogens with zero attached hydrogens (tertiary/aromatic N) is 1. The van der Waals surface area contributed by atoms with Crippen LogP contribution in [0.15, 0.2) is 78.9 Å². The van der Waals surface area contributed by atoms with Crippen LogP contribution in [0.2, 0.25) is 0 Å². The number of hydrogen-bond donors (Lipinski definition) is 1. The molecule has 0 bridgehead atoms. The molecule has 1 aliphatic heterocycles. The topological polar surface area (TPSA) is 15.3 Å². The van der Waals surface area contributed by atoms with Crippen LogP contribution >= 0.6 is 0 Å². The van der Waals surface area contributed by atoms with E-state index in [0.29, 0.717) is 0 Å². The van der Waals surface area contributed by atoms with E-state index < -0.39 is 0 Å². The zero-order valence-electron chi connectivity index (χ0n) is 12.5. The molecule has 4 rings (SSSR count). The molecule has 3 aromatic carbocycles. The van der Waals surface area contributed by atoms with Crippen LogP contribution in [0.4, 0.5) is 17.1 Å². The molecule has 108 valence electrons. The minimum absolute atomic E-state index is 0.156. The average Bonchev–Trinajstić information content (AvgIpc) is 2.72. The largest absolute Gasteiger partial charge is 0.372 e. The van der Waals surface area contributed by atoms with Gasteiger partial charge in [-0.15, -0.1) is 0 Å². The summed E-state index contributed by atoms with van der Waals surface area (Å²) in [7, 11) is 2.13. The minimum atomic E-state index is 0.156. The van der Waals surface area contributed by atoms with Crippen LogP contribution in [0.1, 0.15) is 17.2 Å². The summed E-state index contributed by atoms with van der Waals surface area (Å²) in [6.07, 6.45) is 0. The van der Waals surface area contributed by atoms with Gasteiger partial charge in [-0.3, -0.25) is 0 Å². The van der Waals surface area contributed by atoms with Crippen LogP contribution in [0.5, 0.6) is 0 Å². The van der Waals surface area contributed by atoms with Crippen molar-refractivity contribution >= 4 is 17.1 Å². The molecule has 1 heterocycles. The van der Waals surface area contributed by atoms with Gasteiger partial charge < -0.3 is 10.2 Å². The van der Waals surface area contributed by atoms with Gasteiger partial charge in [-0.25, -0.2) is 0 Å². The lowest BCUT2D eigenvalue weighted by atomic mass is 9.97. The lowest BCUT2D eigenvalue weighted by Crippen LogP contribution is -2.12. The number of anilines is 3. The van der Waals surface area contributed by atoms with E-state index in [1.807, 2.05) is 0 Å². The molecule has 0 radical (unpaired) electrons. The molecule has 1 atom stereocenters. The summed E-state index contributed by atoms with van der Waals surface area (Å²) in [6, 6.07) is 27.9. The number of rotatable bonds is 1. The van der Waals surface area contributed by atoms with E-state index in [0.717, 1.165) is 5.69 Å². The van der Waals surface area contributed by atoms with Crippen molar-refractivity contribution in [3.05, 3.63) is 90.0 Å². The third kappa shape index (κ3) is 2.04. The molecular weight excluding hydrogens is 268 g/mol. The third-order valence-corrected chi connectivity index (χ3v) is 4.31. The zero-order valence-corrected chi connectivity index (χ0v) is 12.5. The first-order chi connectivity index (χ1) is 10.8. The smallest absolute Gasteiger partial charge is 0.0788 e. The number of hydrogen-bond acceptors (Lipinski definition) is 2. The second kappa shape index (κ2) is 5.23. The summed E-state index contributed by atoms with van der Waals surface area (Å²) in [6.45, 7) is 0. The Balaban J connectivity index is 1.95. The summed E-state index contributed by atoms with van der Waals surface area (Å²) < 4.78 is 0. The van der Waals surface area contributed by atoms with Gasteiger partial charge in [0.1, 0.15) is 0 Å². The predicted octanol–water partition coefficient (Wildman–Crippen LogP) is 4.97. The fraction of sp³-hybridized carbons (Fsp3) is 0.100. The highest BCUT2D eigenvalue weighted by Gasteiger charge is 2.24. The first-order valence-corrected chi connectivity index (χ1v) is 7.58. The van der Waals surface area contributed by atoms with Crippen LogP contribution < -0.4 is 10.2 Å². The van der Waals surface area contributed by atoms with Crippen molar-refractivity contribution in [2.45, 2.75) is 6.04 Å². The maximum Gasteiger partial charge on any atom is 0.0788 e. The van der Waals surface area contributed by atoms with Crippen molar-refractivity contribution in [3.63, 3.8) is 0 Å². The Morgan fingerprint density at radius 3 is 2.18 bits per heavy atom. The summed E-state index contributed by atoms with van der Waals surface area (Å²) in [5.41, 5.74) is 6.18. The van der Waals surface area contributed by atoms with Gasteiger partial charge in [-0.05, 0) is 23.8 Å². The van der Waals surface area contributed by atoms with E-state index >= 15 is 0 Å². The number of nitrogens with one attached hydrogen (secondary N) is 1. The SMILES string of the molecule is CN1c2ccccc2NC(c2ccccc2)c2ccccc21. The Bertz CT molecular complexity index is 796. The van der Waals surface area contributed by atoms with Gasteiger partial charge in [-0.2, -0.15) is 0 Å².